The number of sulfone groups is 1. The van der Waals surface area contributed by atoms with E-state index in [4.69, 9.17) is 9.47 Å². The average Bonchev–Trinajstić information content (AvgIpc) is 2.91. The van der Waals surface area contributed by atoms with Crippen LogP contribution in [0.3, 0.4) is 0 Å². The Hall–Kier alpha value is -2.86. The predicted octanol–water partition coefficient (Wildman–Crippen LogP) is 3.47. The zero-order valence-electron chi connectivity index (χ0n) is 17.4. The van der Waals surface area contributed by atoms with Gasteiger partial charge in [0.2, 0.25) is 0 Å². The Morgan fingerprint density at radius 3 is 2.31 bits per heavy atom. The van der Waals surface area contributed by atoms with Crippen LogP contribution in [0, 0.1) is 25.2 Å². The Kier molecular flexibility index (Phi) is 6.69. The van der Waals surface area contributed by atoms with Gasteiger partial charge in [-0.1, -0.05) is 13.8 Å². The van der Waals surface area contributed by atoms with Gasteiger partial charge in [0.15, 0.2) is 21.3 Å². The molecule has 0 atom stereocenters. The van der Waals surface area contributed by atoms with Crippen LogP contribution in [0.2, 0.25) is 0 Å². The van der Waals surface area contributed by atoms with Gasteiger partial charge >= 0.3 is 5.97 Å². The highest BCUT2D eigenvalue weighted by Gasteiger charge is 2.29. The quantitative estimate of drug-likeness (QED) is 0.632. The number of esters is 1. The van der Waals surface area contributed by atoms with Crippen molar-refractivity contribution < 1.29 is 22.7 Å². The Labute approximate surface area is 171 Å². The molecule has 0 fully saturated rings. The van der Waals surface area contributed by atoms with Crippen molar-refractivity contribution in [3.8, 4) is 17.6 Å². The Morgan fingerprint density at radius 2 is 1.86 bits per heavy atom. The molecule has 9 heteroatoms. The number of nitrogens with zero attached hydrogens (tertiary/aromatic N) is 3. The molecule has 1 aromatic heterocycles. The molecular weight excluding hydrogens is 394 g/mol. The number of rotatable bonds is 7. The van der Waals surface area contributed by atoms with Crippen molar-refractivity contribution in [3.05, 3.63) is 40.2 Å². The maximum Gasteiger partial charge on any atom is 0.360 e. The summed E-state index contributed by atoms with van der Waals surface area (Å²) in [4.78, 5) is 12.6. The standard InChI is InChI=1S/C20H25N3O5S/c1-7-27-20(24)18-19(17(12(2)3)22-23(18)11-29(6,25)26)28-15-8-13(4)16(10-21)14(5)9-15/h8-9,12H,7,11H2,1-6H3. The van der Waals surface area contributed by atoms with E-state index in [1.165, 1.54) is 0 Å². The SMILES string of the molecule is CCOC(=O)c1c(Oc2cc(C)c(C#N)c(C)c2)c(C(C)C)nn1CS(C)(=O)=O. The second-order valence-corrected chi connectivity index (χ2v) is 9.25. The highest BCUT2D eigenvalue weighted by Crippen LogP contribution is 2.35. The summed E-state index contributed by atoms with van der Waals surface area (Å²) < 4.78 is 36.0. The summed E-state index contributed by atoms with van der Waals surface area (Å²) in [6.07, 6.45) is 1.06. The first kappa shape index (κ1) is 22.4. The summed E-state index contributed by atoms with van der Waals surface area (Å²) in [5.41, 5.74) is 2.40. The highest BCUT2D eigenvalue weighted by atomic mass is 32.2. The molecule has 2 aromatic rings. The summed E-state index contributed by atoms with van der Waals surface area (Å²) in [6, 6.07) is 5.53. The summed E-state index contributed by atoms with van der Waals surface area (Å²) in [5, 5.41) is 13.6. The maximum absolute atomic E-state index is 12.6. The van der Waals surface area contributed by atoms with Crippen LogP contribution in [-0.2, 0) is 20.5 Å². The lowest BCUT2D eigenvalue weighted by Gasteiger charge is -2.12. The minimum atomic E-state index is -3.47. The Morgan fingerprint density at radius 1 is 1.28 bits per heavy atom. The molecule has 0 saturated carbocycles. The Bertz CT molecular complexity index is 1060. The second kappa shape index (κ2) is 8.66. The molecule has 1 aromatic carbocycles. The van der Waals surface area contributed by atoms with Crippen LogP contribution in [-0.4, -0.2) is 37.0 Å². The summed E-state index contributed by atoms with van der Waals surface area (Å²) >= 11 is 0. The van der Waals surface area contributed by atoms with Crippen LogP contribution in [0.4, 0.5) is 0 Å². The number of hydrogen-bond donors (Lipinski definition) is 0. The van der Waals surface area contributed by atoms with E-state index >= 15 is 0 Å². The molecule has 0 unspecified atom stereocenters. The van der Waals surface area contributed by atoms with Crippen LogP contribution in [0.1, 0.15) is 59.6 Å². The van der Waals surface area contributed by atoms with E-state index in [0.29, 0.717) is 17.0 Å². The number of benzene rings is 1. The van der Waals surface area contributed by atoms with Crippen LogP contribution >= 0.6 is 0 Å². The van der Waals surface area contributed by atoms with Crippen molar-refractivity contribution in [1.29, 1.82) is 5.26 Å². The normalized spacial score (nSPS) is 11.4. The van der Waals surface area contributed by atoms with Crippen molar-refractivity contribution in [2.45, 2.75) is 46.4 Å². The lowest BCUT2D eigenvalue weighted by atomic mass is 10.0. The summed E-state index contributed by atoms with van der Waals surface area (Å²) in [7, 11) is -3.47. The van der Waals surface area contributed by atoms with Crippen LogP contribution < -0.4 is 4.74 Å². The molecule has 29 heavy (non-hydrogen) atoms. The number of ether oxygens (including phenoxy) is 2. The average molecular weight is 420 g/mol. The van der Waals surface area contributed by atoms with Gasteiger partial charge in [-0.15, -0.1) is 0 Å². The number of hydrogen-bond acceptors (Lipinski definition) is 7. The molecular formula is C20H25N3O5S. The van der Waals surface area contributed by atoms with Gasteiger partial charge in [-0.3, -0.25) is 0 Å². The second-order valence-electron chi connectivity index (χ2n) is 7.14. The van der Waals surface area contributed by atoms with Crippen molar-refractivity contribution in [3.63, 3.8) is 0 Å². The van der Waals surface area contributed by atoms with Gasteiger partial charge in [0.05, 0.1) is 18.2 Å². The third-order valence-electron chi connectivity index (χ3n) is 4.14. The first-order valence-electron chi connectivity index (χ1n) is 9.13. The van der Waals surface area contributed by atoms with Crippen LogP contribution in [0.15, 0.2) is 12.1 Å². The summed E-state index contributed by atoms with van der Waals surface area (Å²) in [5.74, 6) is -0.751. The Balaban J connectivity index is 2.68. The van der Waals surface area contributed by atoms with E-state index in [2.05, 4.69) is 11.2 Å². The topological polar surface area (TPSA) is 111 Å². The van der Waals surface area contributed by atoms with Crippen molar-refractivity contribution in [1.82, 2.24) is 9.78 Å². The lowest BCUT2D eigenvalue weighted by molar-refractivity contribution is 0.0510. The van der Waals surface area contributed by atoms with Gasteiger partial charge in [-0.25, -0.2) is 17.9 Å². The first-order valence-corrected chi connectivity index (χ1v) is 11.2. The van der Waals surface area contributed by atoms with Gasteiger partial charge < -0.3 is 9.47 Å². The molecule has 0 bridgehead atoms. The van der Waals surface area contributed by atoms with Gasteiger partial charge in [-0.2, -0.15) is 10.4 Å². The third kappa shape index (κ3) is 5.15. The number of nitriles is 1. The number of carbonyl (C=O) groups is 1. The zero-order valence-corrected chi connectivity index (χ0v) is 18.3. The molecule has 1 heterocycles. The molecule has 0 amide bonds. The molecule has 0 N–H and O–H groups in total. The number of aromatic nitrogens is 2. The predicted molar refractivity (Wildman–Crippen MR) is 108 cm³/mol. The zero-order chi connectivity index (χ0) is 21.9. The van der Waals surface area contributed by atoms with Crippen LogP contribution in [0.25, 0.3) is 0 Å². The minimum Gasteiger partial charge on any atom is -0.461 e. The number of carbonyl (C=O) groups excluding carboxylic acids is 1. The van der Waals surface area contributed by atoms with Crippen molar-refractivity contribution >= 4 is 15.8 Å². The molecule has 0 radical (unpaired) electrons. The molecule has 0 spiro atoms. The molecule has 2 rings (SSSR count). The largest absolute Gasteiger partial charge is 0.461 e. The van der Waals surface area contributed by atoms with Gasteiger partial charge in [-0.05, 0) is 44.0 Å². The molecule has 0 aliphatic heterocycles. The monoisotopic (exact) mass is 419 g/mol. The highest BCUT2D eigenvalue weighted by molar-refractivity contribution is 7.89. The van der Waals surface area contributed by atoms with Gasteiger partial charge in [0.25, 0.3) is 0 Å². The van der Waals surface area contributed by atoms with Crippen molar-refractivity contribution in [2.75, 3.05) is 12.9 Å². The minimum absolute atomic E-state index is 0.0550. The fraction of sp³-hybridized carbons (Fsp3) is 0.450. The molecule has 0 aliphatic rings. The van der Waals surface area contributed by atoms with Crippen LogP contribution in [0.5, 0.6) is 11.5 Å². The fourth-order valence-electron chi connectivity index (χ4n) is 2.93. The fourth-order valence-corrected chi connectivity index (χ4v) is 3.56. The van der Waals surface area contributed by atoms with Gasteiger partial charge in [0, 0.05) is 12.2 Å². The van der Waals surface area contributed by atoms with E-state index in [1.54, 1.807) is 32.9 Å². The van der Waals surface area contributed by atoms with E-state index < -0.39 is 21.7 Å². The van der Waals surface area contributed by atoms with E-state index in [9.17, 15) is 18.5 Å². The maximum atomic E-state index is 12.6. The lowest BCUT2D eigenvalue weighted by Crippen LogP contribution is -2.18. The van der Waals surface area contributed by atoms with E-state index in [1.807, 2.05) is 13.8 Å². The molecule has 0 saturated heterocycles. The van der Waals surface area contributed by atoms with E-state index in [-0.39, 0.29) is 24.0 Å². The smallest absolute Gasteiger partial charge is 0.360 e. The first-order chi connectivity index (χ1) is 13.5. The molecule has 8 nitrogen and oxygen atoms in total. The molecule has 0 aliphatic carbocycles. The summed E-state index contributed by atoms with van der Waals surface area (Å²) in [6.45, 7) is 9.09. The molecule has 156 valence electrons. The van der Waals surface area contributed by atoms with Crippen molar-refractivity contribution in [2.24, 2.45) is 0 Å². The van der Waals surface area contributed by atoms with Gasteiger partial charge in [0.1, 0.15) is 17.3 Å². The number of aryl methyl sites for hydroxylation is 2. The third-order valence-corrected chi connectivity index (χ3v) is 4.86. The van der Waals surface area contributed by atoms with E-state index in [0.717, 1.165) is 22.1 Å².